The lowest BCUT2D eigenvalue weighted by atomic mass is 10.1. The van der Waals surface area contributed by atoms with Crippen LogP contribution in [-0.2, 0) is 6.42 Å². The predicted molar refractivity (Wildman–Crippen MR) is 72.9 cm³/mol. The molecule has 2 aromatic heterocycles. The summed E-state index contributed by atoms with van der Waals surface area (Å²) in [4.78, 5) is 6.55. The van der Waals surface area contributed by atoms with Crippen molar-refractivity contribution in [2.45, 2.75) is 13.3 Å². The Morgan fingerprint density at radius 2 is 2.22 bits per heavy atom. The number of rotatable bonds is 2. The van der Waals surface area contributed by atoms with Gasteiger partial charge in [-0.05, 0) is 12.5 Å². The molecule has 18 heavy (non-hydrogen) atoms. The van der Waals surface area contributed by atoms with Crippen LogP contribution < -0.4 is 16.0 Å². The molecule has 3 N–H and O–H groups in total. The maximum absolute atomic E-state index is 6.04. The third-order valence-electron chi connectivity index (χ3n) is 3.46. The van der Waals surface area contributed by atoms with E-state index in [1.807, 2.05) is 6.07 Å². The summed E-state index contributed by atoms with van der Waals surface area (Å²) in [5.74, 6) is 0.944. The van der Waals surface area contributed by atoms with Gasteiger partial charge in [0.2, 0.25) is 11.6 Å². The van der Waals surface area contributed by atoms with Crippen molar-refractivity contribution in [2.75, 3.05) is 36.8 Å². The van der Waals surface area contributed by atoms with Crippen LogP contribution in [0, 0.1) is 0 Å². The van der Waals surface area contributed by atoms with Gasteiger partial charge in [0.25, 0.3) is 0 Å². The van der Waals surface area contributed by atoms with Crippen molar-refractivity contribution in [2.24, 2.45) is 0 Å². The number of aromatic nitrogens is 1. The van der Waals surface area contributed by atoms with Crippen LogP contribution >= 0.6 is 0 Å². The highest BCUT2D eigenvalue weighted by Gasteiger charge is 2.22. The molecule has 96 valence electrons. The molecular formula is C13H18N4O. The molecule has 2 aromatic rings. The number of hydrogen-bond acceptors (Lipinski definition) is 5. The molecule has 1 saturated heterocycles. The Labute approximate surface area is 106 Å². The Morgan fingerprint density at radius 1 is 1.44 bits per heavy atom. The second-order valence-electron chi connectivity index (χ2n) is 4.56. The fourth-order valence-corrected chi connectivity index (χ4v) is 2.55. The van der Waals surface area contributed by atoms with Crippen LogP contribution in [-0.4, -0.2) is 31.2 Å². The normalized spacial score (nSPS) is 16.4. The fourth-order valence-electron chi connectivity index (χ4n) is 2.55. The van der Waals surface area contributed by atoms with Gasteiger partial charge >= 0.3 is 0 Å². The molecule has 1 fully saturated rings. The number of nitrogens with zero attached hydrogens (tertiary/aromatic N) is 2. The van der Waals surface area contributed by atoms with Crippen molar-refractivity contribution >= 4 is 22.7 Å². The minimum absolute atomic E-state index is 0.653. The summed E-state index contributed by atoms with van der Waals surface area (Å²) in [5.41, 5.74) is 8.63. The standard InChI is InChI=1S/C13H18N4O/c1-2-9-11-10(14)3-4-16-12(11)18-13(9)17-7-5-15-6-8-17/h3-4,15H,2,5-8H2,1H3,(H2,14,16). The molecule has 0 aromatic carbocycles. The van der Waals surface area contributed by atoms with Crippen molar-refractivity contribution in [3.05, 3.63) is 17.8 Å². The Kier molecular flexibility index (Phi) is 2.83. The van der Waals surface area contributed by atoms with Crippen molar-refractivity contribution in [3.8, 4) is 0 Å². The van der Waals surface area contributed by atoms with Gasteiger partial charge in [0.1, 0.15) is 0 Å². The maximum atomic E-state index is 6.04. The van der Waals surface area contributed by atoms with E-state index in [2.05, 4.69) is 22.1 Å². The second kappa shape index (κ2) is 4.49. The maximum Gasteiger partial charge on any atom is 0.231 e. The van der Waals surface area contributed by atoms with Crippen LogP contribution in [0.3, 0.4) is 0 Å². The number of anilines is 2. The number of pyridine rings is 1. The first kappa shape index (κ1) is 11.3. The molecule has 0 aliphatic carbocycles. The summed E-state index contributed by atoms with van der Waals surface area (Å²) < 4.78 is 5.92. The molecule has 0 saturated carbocycles. The average Bonchev–Trinajstić information content (AvgIpc) is 2.79. The van der Waals surface area contributed by atoms with E-state index in [1.165, 1.54) is 5.56 Å². The zero-order valence-electron chi connectivity index (χ0n) is 10.6. The summed E-state index contributed by atoms with van der Waals surface area (Å²) >= 11 is 0. The lowest BCUT2D eigenvalue weighted by Gasteiger charge is -2.27. The van der Waals surface area contributed by atoms with Crippen molar-refractivity contribution < 1.29 is 4.42 Å². The molecule has 3 heterocycles. The topological polar surface area (TPSA) is 67.3 Å². The zero-order chi connectivity index (χ0) is 12.5. The molecular weight excluding hydrogens is 228 g/mol. The SMILES string of the molecule is CCc1c(N2CCNCC2)oc2nccc(N)c12. The number of furan rings is 1. The molecule has 1 aliphatic rings. The number of piperazine rings is 1. The number of nitrogens with one attached hydrogen (secondary N) is 1. The largest absolute Gasteiger partial charge is 0.422 e. The van der Waals surface area contributed by atoms with Gasteiger partial charge in [-0.1, -0.05) is 6.92 Å². The van der Waals surface area contributed by atoms with Crippen molar-refractivity contribution in [3.63, 3.8) is 0 Å². The highest BCUT2D eigenvalue weighted by molar-refractivity contribution is 5.93. The summed E-state index contributed by atoms with van der Waals surface area (Å²) in [6, 6.07) is 1.83. The Hall–Kier alpha value is -1.75. The molecule has 0 unspecified atom stereocenters. The van der Waals surface area contributed by atoms with Gasteiger partial charge < -0.3 is 20.4 Å². The molecule has 0 bridgehead atoms. The van der Waals surface area contributed by atoms with E-state index in [0.717, 1.165) is 49.6 Å². The van der Waals surface area contributed by atoms with Crippen LogP contribution in [0.4, 0.5) is 11.6 Å². The van der Waals surface area contributed by atoms with E-state index in [-0.39, 0.29) is 0 Å². The van der Waals surface area contributed by atoms with E-state index in [9.17, 15) is 0 Å². The average molecular weight is 246 g/mol. The van der Waals surface area contributed by atoms with Gasteiger partial charge in [0.05, 0.1) is 5.39 Å². The van der Waals surface area contributed by atoms with Gasteiger partial charge in [0, 0.05) is 43.6 Å². The number of fused-ring (bicyclic) bond motifs is 1. The fraction of sp³-hybridized carbons (Fsp3) is 0.462. The quantitative estimate of drug-likeness (QED) is 0.838. The van der Waals surface area contributed by atoms with Crippen LogP contribution in [0.1, 0.15) is 12.5 Å². The van der Waals surface area contributed by atoms with Crippen molar-refractivity contribution in [1.29, 1.82) is 0 Å². The molecule has 0 spiro atoms. The van der Waals surface area contributed by atoms with Crippen molar-refractivity contribution in [1.82, 2.24) is 10.3 Å². The Bertz CT molecular complexity index is 557. The monoisotopic (exact) mass is 246 g/mol. The van der Waals surface area contributed by atoms with Crippen LogP contribution in [0.25, 0.3) is 11.1 Å². The Balaban J connectivity index is 2.13. The van der Waals surface area contributed by atoms with Crippen LogP contribution in [0.5, 0.6) is 0 Å². The number of nitrogens with two attached hydrogens (primary N) is 1. The van der Waals surface area contributed by atoms with Crippen LogP contribution in [0.2, 0.25) is 0 Å². The van der Waals surface area contributed by atoms with Gasteiger partial charge in [-0.3, -0.25) is 0 Å². The lowest BCUT2D eigenvalue weighted by Crippen LogP contribution is -2.43. The molecule has 3 rings (SSSR count). The second-order valence-corrected chi connectivity index (χ2v) is 4.56. The summed E-state index contributed by atoms with van der Waals surface area (Å²) in [7, 11) is 0. The summed E-state index contributed by atoms with van der Waals surface area (Å²) in [6.45, 7) is 6.04. The van der Waals surface area contributed by atoms with E-state index < -0.39 is 0 Å². The molecule has 5 heteroatoms. The number of hydrogen-bond donors (Lipinski definition) is 2. The smallest absolute Gasteiger partial charge is 0.231 e. The molecule has 0 atom stereocenters. The molecule has 0 amide bonds. The van der Waals surface area contributed by atoms with E-state index in [4.69, 9.17) is 10.2 Å². The summed E-state index contributed by atoms with van der Waals surface area (Å²) in [6.07, 6.45) is 2.60. The number of aryl methyl sites for hydroxylation is 1. The molecule has 1 aliphatic heterocycles. The summed E-state index contributed by atoms with van der Waals surface area (Å²) in [5, 5.41) is 4.32. The third-order valence-corrected chi connectivity index (χ3v) is 3.46. The minimum Gasteiger partial charge on any atom is -0.422 e. The Morgan fingerprint density at radius 3 is 2.94 bits per heavy atom. The first-order valence-electron chi connectivity index (χ1n) is 6.42. The zero-order valence-corrected chi connectivity index (χ0v) is 10.6. The highest BCUT2D eigenvalue weighted by Crippen LogP contribution is 2.35. The van der Waals surface area contributed by atoms with Gasteiger partial charge in [-0.25, -0.2) is 4.98 Å². The lowest BCUT2D eigenvalue weighted by molar-refractivity contribution is 0.520. The minimum atomic E-state index is 0.653. The third kappa shape index (κ3) is 1.71. The molecule has 5 nitrogen and oxygen atoms in total. The van der Waals surface area contributed by atoms with Crippen LogP contribution in [0.15, 0.2) is 16.7 Å². The predicted octanol–water partition coefficient (Wildman–Crippen LogP) is 1.38. The first-order chi connectivity index (χ1) is 8.81. The number of nitrogen functional groups attached to an aromatic ring is 1. The highest BCUT2D eigenvalue weighted by atomic mass is 16.4. The van der Waals surface area contributed by atoms with E-state index in [1.54, 1.807) is 6.20 Å². The van der Waals surface area contributed by atoms with E-state index in [0.29, 0.717) is 5.71 Å². The van der Waals surface area contributed by atoms with Gasteiger partial charge in [-0.15, -0.1) is 0 Å². The molecule has 0 radical (unpaired) electrons. The van der Waals surface area contributed by atoms with E-state index >= 15 is 0 Å². The first-order valence-corrected chi connectivity index (χ1v) is 6.42. The van der Waals surface area contributed by atoms with Gasteiger partial charge in [0.15, 0.2) is 0 Å². The van der Waals surface area contributed by atoms with Gasteiger partial charge in [-0.2, -0.15) is 0 Å².